The van der Waals surface area contributed by atoms with Crippen LogP contribution >= 0.6 is 0 Å². The zero-order valence-electron chi connectivity index (χ0n) is 15.4. The summed E-state index contributed by atoms with van der Waals surface area (Å²) < 4.78 is 0. The number of aromatic amines is 1. The number of pyridine rings is 1. The van der Waals surface area contributed by atoms with Crippen LogP contribution in [0.5, 0.6) is 0 Å². The van der Waals surface area contributed by atoms with Gasteiger partial charge in [0.25, 0.3) is 0 Å². The maximum Gasteiger partial charge on any atom is 0.246 e. The van der Waals surface area contributed by atoms with Crippen molar-refractivity contribution in [2.24, 2.45) is 0 Å². The highest BCUT2D eigenvalue weighted by Crippen LogP contribution is 2.22. The van der Waals surface area contributed by atoms with Crippen LogP contribution < -0.4 is 10.7 Å². The van der Waals surface area contributed by atoms with Crippen molar-refractivity contribution in [2.75, 3.05) is 18.4 Å². The normalized spacial score (nSPS) is 16.7. The highest BCUT2D eigenvalue weighted by Gasteiger charge is 2.23. The van der Waals surface area contributed by atoms with Crippen molar-refractivity contribution in [1.29, 1.82) is 0 Å². The van der Waals surface area contributed by atoms with Gasteiger partial charge in [0.15, 0.2) is 0 Å². The molecule has 1 atom stereocenters. The van der Waals surface area contributed by atoms with Crippen LogP contribution in [-0.2, 0) is 4.79 Å². The Bertz CT molecular complexity index is 1080. The Morgan fingerprint density at radius 2 is 2.11 bits per heavy atom. The number of aromatic nitrogens is 3. The number of carbonyl (C=O) groups excluding carboxylic acids is 1. The summed E-state index contributed by atoms with van der Waals surface area (Å²) in [5, 5.41) is 3.78. The molecule has 1 aliphatic rings. The second-order valence-corrected chi connectivity index (χ2v) is 6.82. The Balaban J connectivity index is 1.70. The molecule has 1 unspecified atom stereocenters. The van der Waals surface area contributed by atoms with Gasteiger partial charge < -0.3 is 15.2 Å². The summed E-state index contributed by atoms with van der Waals surface area (Å²) in [4.78, 5) is 38.5. The van der Waals surface area contributed by atoms with E-state index < -0.39 is 0 Å². The molecule has 3 heterocycles. The first-order chi connectivity index (χ1) is 13.7. The molecule has 1 aliphatic heterocycles. The van der Waals surface area contributed by atoms with E-state index in [1.165, 1.54) is 12.4 Å². The molecule has 1 saturated heterocycles. The van der Waals surface area contributed by atoms with Crippen molar-refractivity contribution in [3.63, 3.8) is 0 Å². The average molecular weight is 375 g/mol. The van der Waals surface area contributed by atoms with Crippen molar-refractivity contribution in [2.45, 2.75) is 18.9 Å². The molecule has 4 rings (SSSR count). The number of fused-ring (bicyclic) bond motifs is 1. The fourth-order valence-corrected chi connectivity index (χ4v) is 3.61. The lowest BCUT2D eigenvalue weighted by Gasteiger charge is -2.32. The van der Waals surface area contributed by atoms with Crippen LogP contribution in [0, 0.1) is 0 Å². The molecular formula is C21H21N5O2. The first-order valence-electron chi connectivity index (χ1n) is 9.27. The van der Waals surface area contributed by atoms with Crippen LogP contribution in [0.2, 0.25) is 0 Å². The van der Waals surface area contributed by atoms with E-state index in [9.17, 15) is 9.59 Å². The van der Waals surface area contributed by atoms with Crippen LogP contribution in [0.25, 0.3) is 22.2 Å². The van der Waals surface area contributed by atoms with Gasteiger partial charge in [-0.15, -0.1) is 0 Å². The number of amides is 1. The molecule has 142 valence electrons. The van der Waals surface area contributed by atoms with Gasteiger partial charge in [-0.2, -0.15) is 0 Å². The molecule has 0 aliphatic carbocycles. The molecule has 7 nitrogen and oxygen atoms in total. The second-order valence-electron chi connectivity index (χ2n) is 6.82. The molecule has 2 N–H and O–H groups in total. The van der Waals surface area contributed by atoms with E-state index >= 15 is 0 Å². The van der Waals surface area contributed by atoms with E-state index in [1.807, 2.05) is 30.3 Å². The molecule has 7 heteroatoms. The highest BCUT2D eigenvalue weighted by atomic mass is 16.2. The first-order valence-corrected chi connectivity index (χ1v) is 9.27. The molecule has 2 aromatic heterocycles. The number of nitrogens with zero attached hydrogens (tertiary/aromatic N) is 3. The summed E-state index contributed by atoms with van der Waals surface area (Å²) in [5.74, 6) is 0.408. The van der Waals surface area contributed by atoms with Crippen molar-refractivity contribution in [1.82, 2.24) is 19.9 Å². The molecule has 0 bridgehead atoms. The third-order valence-electron chi connectivity index (χ3n) is 5.01. The van der Waals surface area contributed by atoms with Crippen LogP contribution in [0.3, 0.4) is 0 Å². The van der Waals surface area contributed by atoms with Gasteiger partial charge in [0.1, 0.15) is 23.2 Å². The van der Waals surface area contributed by atoms with Gasteiger partial charge in [-0.05, 0) is 24.5 Å². The molecule has 0 radical (unpaired) electrons. The van der Waals surface area contributed by atoms with Gasteiger partial charge in [-0.1, -0.05) is 36.9 Å². The van der Waals surface area contributed by atoms with E-state index in [-0.39, 0.29) is 17.4 Å². The SMILES string of the molecule is C=CC(=O)N1CCCC(Nc2ncnc3[nH]cc(-c4ccccc4)c(=O)c23)C1. The van der Waals surface area contributed by atoms with Crippen molar-refractivity contribution in [3.8, 4) is 11.1 Å². The monoisotopic (exact) mass is 375 g/mol. The van der Waals surface area contributed by atoms with E-state index in [2.05, 4.69) is 26.8 Å². The number of hydrogen-bond donors (Lipinski definition) is 2. The maximum atomic E-state index is 13.2. The molecule has 1 amide bonds. The number of H-pyrrole nitrogens is 1. The van der Waals surface area contributed by atoms with Gasteiger partial charge in [0.05, 0.1) is 0 Å². The van der Waals surface area contributed by atoms with Crippen molar-refractivity contribution < 1.29 is 4.79 Å². The molecule has 0 spiro atoms. The maximum absolute atomic E-state index is 13.2. The number of nitrogens with one attached hydrogen (secondary N) is 2. The Morgan fingerprint density at radius 3 is 2.89 bits per heavy atom. The predicted molar refractivity (Wildman–Crippen MR) is 109 cm³/mol. The predicted octanol–water partition coefficient (Wildman–Crippen LogP) is 2.57. The number of anilines is 1. The standard InChI is InChI=1S/C21H21N5O2/c1-2-17(27)26-10-6-9-15(12-26)25-21-18-19(28)16(14-7-4-3-5-8-14)11-22-20(18)23-13-24-21/h2-5,7-8,11,13,15H,1,6,9-10,12H2,(H2,22,23,24,25,28). The highest BCUT2D eigenvalue weighted by molar-refractivity contribution is 5.90. The summed E-state index contributed by atoms with van der Waals surface area (Å²) in [6.45, 7) is 4.82. The quantitative estimate of drug-likeness (QED) is 0.684. The Morgan fingerprint density at radius 1 is 1.29 bits per heavy atom. The molecule has 1 aromatic carbocycles. The lowest BCUT2D eigenvalue weighted by molar-refractivity contribution is -0.127. The summed E-state index contributed by atoms with van der Waals surface area (Å²) in [5.41, 5.74) is 1.76. The largest absolute Gasteiger partial charge is 0.365 e. The number of carbonyl (C=O) groups is 1. The van der Waals surface area contributed by atoms with E-state index in [1.54, 1.807) is 11.1 Å². The van der Waals surface area contributed by atoms with E-state index in [0.29, 0.717) is 35.5 Å². The molecule has 1 fully saturated rings. The summed E-state index contributed by atoms with van der Waals surface area (Å²) in [6, 6.07) is 9.50. The third kappa shape index (κ3) is 3.38. The van der Waals surface area contributed by atoms with Gasteiger partial charge in [0.2, 0.25) is 11.3 Å². The third-order valence-corrected chi connectivity index (χ3v) is 5.01. The van der Waals surface area contributed by atoms with Crippen molar-refractivity contribution >= 4 is 22.8 Å². The molecular weight excluding hydrogens is 354 g/mol. The Labute approximate surface area is 162 Å². The summed E-state index contributed by atoms with van der Waals surface area (Å²) in [7, 11) is 0. The minimum Gasteiger partial charge on any atom is -0.365 e. The second kappa shape index (κ2) is 7.64. The van der Waals surface area contributed by atoms with Crippen LogP contribution in [0.1, 0.15) is 12.8 Å². The molecule has 28 heavy (non-hydrogen) atoms. The zero-order valence-corrected chi connectivity index (χ0v) is 15.4. The van der Waals surface area contributed by atoms with Crippen LogP contribution in [0.4, 0.5) is 5.82 Å². The molecule has 3 aromatic rings. The van der Waals surface area contributed by atoms with Gasteiger partial charge >= 0.3 is 0 Å². The summed E-state index contributed by atoms with van der Waals surface area (Å²) in [6.07, 6.45) is 6.22. The topological polar surface area (TPSA) is 91.0 Å². The average Bonchev–Trinajstić information content (AvgIpc) is 2.74. The number of piperidine rings is 1. The fourth-order valence-electron chi connectivity index (χ4n) is 3.61. The lowest BCUT2D eigenvalue weighted by Crippen LogP contribution is -2.44. The molecule has 0 saturated carbocycles. The smallest absolute Gasteiger partial charge is 0.246 e. The number of rotatable bonds is 4. The van der Waals surface area contributed by atoms with Crippen LogP contribution in [-0.4, -0.2) is 44.9 Å². The van der Waals surface area contributed by atoms with E-state index in [4.69, 9.17) is 0 Å². The van der Waals surface area contributed by atoms with Crippen LogP contribution in [0.15, 0.2) is 60.3 Å². The Kier molecular flexibility index (Phi) is 4.89. The minimum absolute atomic E-state index is 0.00975. The zero-order chi connectivity index (χ0) is 19.5. The van der Waals surface area contributed by atoms with Gasteiger partial charge in [-0.3, -0.25) is 9.59 Å². The van der Waals surface area contributed by atoms with E-state index in [0.717, 1.165) is 18.4 Å². The lowest BCUT2D eigenvalue weighted by atomic mass is 10.0. The number of benzene rings is 1. The van der Waals surface area contributed by atoms with Gasteiger partial charge in [-0.25, -0.2) is 9.97 Å². The first kappa shape index (κ1) is 17.9. The van der Waals surface area contributed by atoms with Gasteiger partial charge in [0, 0.05) is 30.9 Å². The Hall–Kier alpha value is -3.48. The number of likely N-dealkylation sites (tertiary alicyclic amines) is 1. The minimum atomic E-state index is -0.127. The number of hydrogen-bond acceptors (Lipinski definition) is 5. The summed E-state index contributed by atoms with van der Waals surface area (Å²) >= 11 is 0. The van der Waals surface area contributed by atoms with Crippen molar-refractivity contribution in [3.05, 3.63) is 65.7 Å². The fraction of sp³-hybridized carbons (Fsp3) is 0.238.